The number of nitrogens with zero attached hydrogens (tertiary/aromatic N) is 2. The SMILES string of the molecule is Cc1cc(NC(=O)c2ccccc2Br)nc(C)n1. The molecule has 18 heavy (non-hydrogen) atoms. The highest BCUT2D eigenvalue weighted by Gasteiger charge is 2.10. The van der Waals surface area contributed by atoms with Crippen LogP contribution in [0.25, 0.3) is 0 Å². The van der Waals surface area contributed by atoms with Crippen molar-refractivity contribution < 1.29 is 4.79 Å². The van der Waals surface area contributed by atoms with E-state index in [2.05, 4.69) is 31.2 Å². The van der Waals surface area contributed by atoms with E-state index in [9.17, 15) is 4.79 Å². The van der Waals surface area contributed by atoms with Crippen LogP contribution in [0, 0.1) is 13.8 Å². The molecule has 0 aliphatic rings. The van der Waals surface area contributed by atoms with E-state index < -0.39 is 0 Å². The molecule has 1 aromatic heterocycles. The summed E-state index contributed by atoms with van der Waals surface area (Å²) in [6.45, 7) is 3.66. The molecule has 0 aliphatic heterocycles. The van der Waals surface area contributed by atoms with Crippen molar-refractivity contribution in [1.82, 2.24) is 9.97 Å². The van der Waals surface area contributed by atoms with Gasteiger partial charge in [0.25, 0.3) is 5.91 Å². The standard InChI is InChI=1S/C13H12BrN3O/c1-8-7-12(16-9(2)15-8)17-13(18)10-5-3-4-6-11(10)14/h3-7H,1-2H3,(H,15,16,17,18). The molecule has 0 radical (unpaired) electrons. The van der Waals surface area contributed by atoms with Gasteiger partial charge < -0.3 is 5.32 Å². The van der Waals surface area contributed by atoms with E-state index in [1.54, 1.807) is 19.1 Å². The van der Waals surface area contributed by atoms with Gasteiger partial charge in [0.05, 0.1) is 5.56 Å². The maximum Gasteiger partial charge on any atom is 0.257 e. The van der Waals surface area contributed by atoms with Crippen molar-refractivity contribution in [2.24, 2.45) is 0 Å². The van der Waals surface area contributed by atoms with E-state index in [0.29, 0.717) is 17.2 Å². The van der Waals surface area contributed by atoms with Crippen molar-refractivity contribution in [2.75, 3.05) is 5.32 Å². The highest BCUT2D eigenvalue weighted by Crippen LogP contribution is 2.17. The first-order chi connectivity index (χ1) is 8.56. The van der Waals surface area contributed by atoms with Crippen molar-refractivity contribution in [1.29, 1.82) is 0 Å². The van der Waals surface area contributed by atoms with E-state index >= 15 is 0 Å². The van der Waals surface area contributed by atoms with Gasteiger partial charge in [-0.15, -0.1) is 0 Å². The van der Waals surface area contributed by atoms with E-state index in [0.717, 1.165) is 10.2 Å². The maximum atomic E-state index is 12.1. The summed E-state index contributed by atoms with van der Waals surface area (Å²) in [5.74, 6) is 0.957. The average molecular weight is 306 g/mol. The van der Waals surface area contributed by atoms with Gasteiger partial charge in [0.15, 0.2) is 0 Å². The summed E-state index contributed by atoms with van der Waals surface area (Å²) in [7, 11) is 0. The molecule has 2 aromatic rings. The number of nitrogens with one attached hydrogen (secondary N) is 1. The molecule has 1 amide bonds. The van der Waals surface area contributed by atoms with Gasteiger partial charge in [-0.1, -0.05) is 12.1 Å². The van der Waals surface area contributed by atoms with Gasteiger partial charge in [-0.25, -0.2) is 9.97 Å². The Hall–Kier alpha value is -1.75. The van der Waals surface area contributed by atoms with Gasteiger partial charge in [-0.3, -0.25) is 4.79 Å². The predicted molar refractivity (Wildman–Crippen MR) is 73.6 cm³/mol. The Morgan fingerprint density at radius 3 is 2.61 bits per heavy atom. The molecule has 0 unspecified atom stereocenters. The number of benzene rings is 1. The fourth-order valence-electron chi connectivity index (χ4n) is 1.61. The number of hydrogen-bond acceptors (Lipinski definition) is 3. The number of amides is 1. The fraction of sp³-hybridized carbons (Fsp3) is 0.154. The molecular weight excluding hydrogens is 294 g/mol. The summed E-state index contributed by atoms with van der Waals surface area (Å²) >= 11 is 3.35. The summed E-state index contributed by atoms with van der Waals surface area (Å²) in [5, 5.41) is 2.76. The maximum absolute atomic E-state index is 12.1. The predicted octanol–water partition coefficient (Wildman–Crippen LogP) is 3.11. The molecule has 2 rings (SSSR count). The van der Waals surface area contributed by atoms with Crippen molar-refractivity contribution in [2.45, 2.75) is 13.8 Å². The lowest BCUT2D eigenvalue weighted by atomic mass is 10.2. The number of rotatable bonds is 2. The molecule has 0 saturated carbocycles. The smallest absolute Gasteiger partial charge is 0.257 e. The molecule has 0 spiro atoms. The Balaban J connectivity index is 2.24. The zero-order chi connectivity index (χ0) is 13.1. The van der Waals surface area contributed by atoms with Crippen LogP contribution in [0.15, 0.2) is 34.8 Å². The molecule has 1 N–H and O–H groups in total. The van der Waals surface area contributed by atoms with Crippen LogP contribution in [0.4, 0.5) is 5.82 Å². The Morgan fingerprint density at radius 2 is 1.94 bits per heavy atom. The highest BCUT2D eigenvalue weighted by molar-refractivity contribution is 9.10. The molecule has 92 valence electrons. The second-order valence-corrected chi connectivity index (χ2v) is 4.73. The number of aryl methyl sites for hydroxylation is 2. The number of carbonyl (C=O) groups excluding carboxylic acids is 1. The first-order valence-corrected chi connectivity index (χ1v) is 6.24. The summed E-state index contributed by atoms with van der Waals surface area (Å²) in [6, 6.07) is 8.99. The summed E-state index contributed by atoms with van der Waals surface area (Å²) in [4.78, 5) is 20.4. The first-order valence-electron chi connectivity index (χ1n) is 5.44. The Labute approximate surface area is 114 Å². The average Bonchev–Trinajstić information content (AvgIpc) is 2.27. The number of hydrogen-bond donors (Lipinski definition) is 1. The summed E-state index contributed by atoms with van der Waals surface area (Å²) < 4.78 is 0.755. The number of aromatic nitrogens is 2. The van der Waals surface area contributed by atoms with Crippen molar-refractivity contribution in [3.63, 3.8) is 0 Å². The lowest BCUT2D eigenvalue weighted by molar-refractivity contribution is 0.102. The molecule has 0 bridgehead atoms. The molecular formula is C13H12BrN3O. The van der Waals surface area contributed by atoms with E-state index in [1.165, 1.54) is 0 Å². The Morgan fingerprint density at radius 1 is 1.22 bits per heavy atom. The largest absolute Gasteiger partial charge is 0.306 e. The van der Waals surface area contributed by atoms with Crippen molar-refractivity contribution >= 4 is 27.7 Å². The van der Waals surface area contributed by atoms with Crippen LogP contribution >= 0.6 is 15.9 Å². The number of anilines is 1. The van der Waals surface area contributed by atoms with Gasteiger partial charge in [0.1, 0.15) is 11.6 Å². The van der Waals surface area contributed by atoms with Crippen molar-refractivity contribution in [3.8, 4) is 0 Å². The van der Waals surface area contributed by atoms with Crippen LogP contribution in [0.5, 0.6) is 0 Å². The molecule has 1 aromatic carbocycles. The Kier molecular flexibility index (Phi) is 3.72. The lowest BCUT2D eigenvalue weighted by Gasteiger charge is -2.07. The van der Waals surface area contributed by atoms with Crippen LogP contribution in [-0.4, -0.2) is 15.9 Å². The first kappa shape index (κ1) is 12.7. The van der Waals surface area contributed by atoms with Gasteiger partial charge >= 0.3 is 0 Å². The quantitative estimate of drug-likeness (QED) is 0.927. The van der Waals surface area contributed by atoms with Crippen LogP contribution < -0.4 is 5.32 Å². The van der Waals surface area contributed by atoms with Gasteiger partial charge in [0.2, 0.25) is 0 Å². The van der Waals surface area contributed by atoms with Crippen molar-refractivity contribution in [3.05, 3.63) is 51.9 Å². The van der Waals surface area contributed by atoms with Crippen LogP contribution in [-0.2, 0) is 0 Å². The Bertz CT molecular complexity index is 578. The third kappa shape index (κ3) is 2.92. The van der Waals surface area contributed by atoms with E-state index in [1.807, 2.05) is 25.1 Å². The lowest BCUT2D eigenvalue weighted by Crippen LogP contribution is -2.14. The third-order valence-electron chi connectivity index (χ3n) is 2.33. The topological polar surface area (TPSA) is 54.9 Å². The van der Waals surface area contributed by atoms with E-state index in [-0.39, 0.29) is 5.91 Å². The monoisotopic (exact) mass is 305 g/mol. The van der Waals surface area contributed by atoms with Crippen LogP contribution in [0.3, 0.4) is 0 Å². The minimum atomic E-state index is -0.194. The minimum absolute atomic E-state index is 0.194. The minimum Gasteiger partial charge on any atom is -0.306 e. The summed E-state index contributed by atoms with van der Waals surface area (Å²) in [6.07, 6.45) is 0. The summed E-state index contributed by atoms with van der Waals surface area (Å²) in [5.41, 5.74) is 1.40. The molecule has 1 heterocycles. The number of halogens is 1. The second kappa shape index (κ2) is 5.27. The molecule has 0 atom stereocenters. The molecule has 5 heteroatoms. The molecule has 0 aliphatic carbocycles. The highest BCUT2D eigenvalue weighted by atomic mass is 79.9. The molecule has 0 fully saturated rings. The molecule has 4 nitrogen and oxygen atoms in total. The van der Waals surface area contributed by atoms with Gasteiger partial charge in [-0.05, 0) is 41.9 Å². The van der Waals surface area contributed by atoms with Crippen LogP contribution in [0.2, 0.25) is 0 Å². The normalized spacial score (nSPS) is 10.2. The third-order valence-corrected chi connectivity index (χ3v) is 3.02. The van der Waals surface area contributed by atoms with Gasteiger partial charge in [0, 0.05) is 16.2 Å². The number of carbonyl (C=O) groups is 1. The van der Waals surface area contributed by atoms with Gasteiger partial charge in [-0.2, -0.15) is 0 Å². The van der Waals surface area contributed by atoms with E-state index in [4.69, 9.17) is 0 Å². The fourth-order valence-corrected chi connectivity index (χ4v) is 2.07. The molecule has 0 saturated heterocycles. The zero-order valence-corrected chi connectivity index (χ0v) is 11.7. The second-order valence-electron chi connectivity index (χ2n) is 3.88. The van der Waals surface area contributed by atoms with Crippen LogP contribution in [0.1, 0.15) is 21.9 Å². The zero-order valence-electron chi connectivity index (χ0n) is 10.1.